The Morgan fingerprint density at radius 2 is 2.33 bits per heavy atom. The van der Waals surface area contributed by atoms with E-state index in [-0.39, 0.29) is 12.7 Å². The van der Waals surface area contributed by atoms with Gasteiger partial charge in [0.15, 0.2) is 0 Å². The molecular formula is C15H18FNO4. The molecule has 0 aromatic heterocycles. The monoisotopic (exact) mass is 295 g/mol. The lowest BCUT2D eigenvalue weighted by atomic mass is 10.1. The molecule has 1 saturated heterocycles. The van der Waals surface area contributed by atoms with Gasteiger partial charge in [0.2, 0.25) is 0 Å². The van der Waals surface area contributed by atoms with Crippen LogP contribution in [-0.4, -0.2) is 53.5 Å². The third-order valence-corrected chi connectivity index (χ3v) is 3.33. The molecule has 2 N–H and O–H groups in total. The molecule has 0 spiro atoms. The highest BCUT2D eigenvalue weighted by atomic mass is 19.1. The van der Waals surface area contributed by atoms with Gasteiger partial charge in [0.25, 0.3) is 0 Å². The first-order valence-corrected chi connectivity index (χ1v) is 6.72. The summed E-state index contributed by atoms with van der Waals surface area (Å²) in [6, 6.07) is 4.33. The zero-order valence-corrected chi connectivity index (χ0v) is 11.5. The van der Waals surface area contributed by atoms with E-state index < -0.39 is 11.8 Å². The highest BCUT2D eigenvalue weighted by Crippen LogP contribution is 2.17. The summed E-state index contributed by atoms with van der Waals surface area (Å²) in [7, 11) is 0. The Hall–Kier alpha value is -1.76. The number of morpholine rings is 1. The van der Waals surface area contributed by atoms with Gasteiger partial charge in [-0.1, -0.05) is 6.07 Å². The number of carboxylic acid groups (broad SMARTS) is 1. The molecule has 1 fully saturated rings. The molecule has 0 saturated carbocycles. The minimum absolute atomic E-state index is 0.0360. The van der Waals surface area contributed by atoms with Gasteiger partial charge in [0.1, 0.15) is 5.82 Å². The van der Waals surface area contributed by atoms with Crippen LogP contribution in [0.25, 0.3) is 6.08 Å². The second-order valence-corrected chi connectivity index (χ2v) is 4.93. The number of nitrogens with zero attached hydrogens (tertiary/aromatic N) is 1. The van der Waals surface area contributed by atoms with Crippen LogP contribution >= 0.6 is 0 Å². The Morgan fingerprint density at radius 1 is 1.52 bits per heavy atom. The highest BCUT2D eigenvalue weighted by molar-refractivity contribution is 5.85. The van der Waals surface area contributed by atoms with Crippen LogP contribution in [0.4, 0.5) is 4.39 Å². The van der Waals surface area contributed by atoms with Gasteiger partial charge in [-0.3, -0.25) is 4.90 Å². The molecular weight excluding hydrogens is 277 g/mol. The van der Waals surface area contributed by atoms with Crippen molar-refractivity contribution >= 4 is 12.0 Å². The summed E-state index contributed by atoms with van der Waals surface area (Å²) >= 11 is 0. The number of ether oxygens (including phenoxy) is 1. The summed E-state index contributed by atoms with van der Waals surface area (Å²) in [5.74, 6) is -1.48. The Bertz CT molecular complexity index is 532. The second kappa shape index (κ2) is 7.31. The van der Waals surface area contributed by atoms with E-state index in [1.807, 2.05) is 0 Å². The first-order chi connectivity index (χ1) is 10.1. The summed E-state index contributed by atoms with van der Waals surface area (Å²) in [4.78, 5) is 12.7. The quantitative estimate of drug-likeness (QED) is 0.797. The minimum Gasteiger partial charge on any atom is -0.478 e. The van der Waals surface area contributed by atoms with Crippen LogP contribution in [0, 0.1) is 5.82 Å². The largest absolute Gasteiger partial charge is 0.478 e. The topological polar surface area (TPSA) is 70.0 Å². The Morgan fingerprint density at radius 3 is 3.05 bits per heavy atom. The number of rotatable bonds is 5. The molecule has 1 unspecified atom stereocenters. The lowest BCUT2D eigenvalue weighted by molar-refractivity contribution is -0.131. The molecule has 0 amide bonds. The molecule has 5 nitrogen and oxygen atoms in total. The van der Waals surface area contributed by atoms with Crippen molar-refractivity contribution in [3.8, 4) is 0 Å². The number of benzene rings is 1. The summed E-state index contributed by atoms with van der Waals surface area (Å²) in [6.45, 7) is 2.36. The lowest BCUT2D eigenvalue weighted by Crippen LogP contribution is -2.43. The van der Waals surface area contributed by atoms with E-state index in [1.54, 1.807) is 6.07 Å². The van der Waals surface area contributed by atoms with E-state index in [2.05, 4.69) is 4.90 Å². The molecule has 114 valence electrons. The maximum absolute atomic E-state index is 13.3. The molecule has 1 atom stereocenters. The number of carbonyl (C=O) groups is 1. The highest BCUT2D eigenvalue weighted by Gasteiger charge is 2.20. The van der Waals surface area contributed by atoms with Crippen molar-refractivity contribution in [3.63, 3.8) is 0 Å². The molecule has 6 heteroatoms. The molecule has 0 radical (unpaired) electrons. The first-order valence-electron chi connectivity index (χ1n) is 6.72. The van der Waals surface area contributed by atoms with Crippen molar-refractivity contribution in [3.05, 3.63) is 41.2 Å². The third kappa shape index (κ3) is 4.63. The van der Waals surface area contributed by atoms with Gasteiger partial charge in [0, 0.05) is 25.7 Å². The van der Waals surface area contributed by atoms with Crippen LogP contribution in [0.5, 0.6) is 0 Å². The lowest BCUT2D eigenvalue weighted by Gasteiger charge is -2.32. The van der Waals surface area contributed by atoms with E-state index in [1.165, 1.54) is 18.2 Å². The predicted molar refractivity (Wildman–Crippen MR) is 75.2 cm³/mol. The number of halogens is 1. The average molecular weight is 295 g/mol. The molecule has 1 aromatic carbocycles. The van der Waals surface area contributed by atoms with Crippen LogP contribution in [-0.2, 0) is 16.1 Å². The Kier molecular flexibility index (Phi) is 5.44. The van der Waals surface area contributed by atoms with E-state index in [0.717, 1.165) is 18.2 Å². The molecule has 1 aliphatic heterocycles. The number of hydrogen-bond donors (Lipinski definition) is 2. The number of carboxylic acids is 1. The van der Waals surface area contributed by atoms with Gasteiger partial charge in [0.05, 0.1) is 19.3 Å². The number of aliphatic carboxylic acids is 1. The van der Waals surface area contributed by atoms with E-state index in [4.69, 9.17) is 14.9 Å². The van der Waals surface area contributed by atoms with Crippen molar-refractivity contribution in [2.75, 3.05) is 26.3 Å². The maximum atomic E-state index is 13.3. The number of aliphatic hydroxyl groups is 1. The number of aliphatic hydroxyl groups excluding tert-OH is 1. The van der Waals surface area contributed by atoms with Crippen LogP contribution in [0.3, 0.4) is 0 Å². The molecule has 0 aliphatic carbocycles. The van der Waals surface area contributed by atoms with Gasteiger partial charge in [-0.05, 0) is 29.3 Å². The van der Waals surface area contributed by atoms with Crippen LogP contribution < -0.4 is 0 Å². The van der Waals surface area contributed by atoms with Crippen molar-refractivity contribution in [1.82, 2.24) is 4.90 Å². The smallest absolute Gasteiger partial charge is 0.328 e. The van der Waals surface area contributed by atoms with E-state index in [9.17, 15) is 9.18 Å². The van der Waals surface area contributed by atoms with Crippen LogP contribution in [0.2, 0.25) is 0 Å². The summed E-state index contributed by atoms with van der Waals surface area (Å²) in [6.07, 6.45) is 2.18. The van der Waals surface area contributed by atoms with Crippen molar-refractivity contribution in [2.24, 2.45) is 0 Å². The molecule has 21 heavy (non-hydrogen) atoms. The average Bonchev–Trinajstić information content (AvgIpc) is 2.47. The fraction of sp³-hybridized carbons (Fsp3) is 0.400. The molecule has 0 bridgehead atoms. The molecule has 1 aliphatic rings. The SMILES string of the molecule is O=C(O)/C=C/c1cc(F)ccc1CN1CCOC(CO)C1. The maximum Gasteiger partial charge on any atom is 0.328 e. The fourth-order valence-electron chi connectivity index (χ4n) is 2.30. The van der Waals surface area contributed by atoms with Crippen LogP contribution in [0.1, 0.15) is 11.1 Å². The van der Waals surface area contributed by atoms with Gasteiger partial charge in [-0.25, -0.2) is 9.18 Å². The standard InChI is InChI=1S/C15H18FNO4/c16-13-3-1-12(11(7-13)2-4-15(19)20)8-17-5-6-21-14(9-17)10-18/h1-4,7,14,18H,5-6,8-10H2,(H,19,20)/b4-2+. The minimum atomic E-state index is -1.07. The van der Waals surface area contributed by atoms with Gasteiger partial charge >= 0.3 is 5.97 Å². The molecule has 1 aromatic rings. The van der Waals surface area contributed by atoms with Gasteiger partial charge < -0.3 is 14.9 Å². The number of hydrogen-bond acceptors (Lipinski definition) is 4. The van der Waals surface area contributed by atoms with Crippen molar-refractivity contribution in [2.45, 2.75) is 12.6 Å². The summed E-state index contributed by atoms with van der Waals surface area (Å²) < 4.78 is 18.7. The zero-order valence-electron chi connectivity index (χ0n) is 11.5. The predicted octanol–water partition coefficient (Wildman–Crippen LogP) is 1.12. The van der Waals surface area contributed by atoms with E-state index >= 15 is 0 Å². The van der Waals surface area contributed by atoms with Gasteiger partial charge in [-0.2, -0.15) is 0 Å². The van der Waals surface area contributed by atoms with Crippen molar-refractivity contribution in [1.29, 1.82) is 0 Å². The van der Waals surface area contributed by atoms with Gasteiger partial charge in [-0.15, -0.1) is 0 Å². The van der Waals surface area contributed by atoms with E-state index in [0.29, 0.717) is 25.3 Å². The second-order valence-electron chi connectivity index (χ2n) is 4.93. The zero-order chi connectivity index (χ0) is 15.2. The summed E-state index contributed by atoms with van der Waals surface area (Å²) in [5, 5.41) is 17.8. The summed E-state index contributed by atoms with van der Waals surface area (Å²) in [5.41, 5.74) is 1.39. The molecule has 2 rings (SSSR count). The third-order valence-electron chi connectivity index (χ3n) is 3.33. The Balaban J connectivity index is 2.13. The normalized spacial score (nSPS) is 20.0. The molecule has 1 heterocycles. The van der Waals surface area contributed by atoms with Crippen molar-refractivity contribution < 1.29 is 24.1 Å². The first kappa shape index (κ1) is 15.6. The fourth-order valence-corrected chi connectivity index (χ4v) is 2.30. The Labute approximate surface area is 122 Å². The van der Waals surface area contributed by atoms with Crippen LogP contribution in [0.15, 0.2) is 24.3 Å².